The van der Waals surface area contributed by atoms with E-state index >= 15 is 0 Å². The summed E-state index contributed by atoms with van der Waals surface area (Å²) in [5.41, 5.74) is 2.59. The highest BCUT2D eigenvalue weighted by atomic mass is 35.5. The topological polar surface area (TPSA) is 39.1 Å². The van der Waals surface area contributed by atoms with Gasteiger partial charge in [0.2, 0.25) is 0 Å². The van der Waals surface area contributed by atoms with Gasteiger partial charge in [0.05, 0.1) is 16.3 Å². The van der Waals surface area contributed by atoms with E-state index < -0.39 is 0 Å². The van der Waals surface area contributed by atoms with Crippen LogP contribution in [0.25, 0.3) is 0 Å². The van der Waals surface area contributed by atoms with Gasteiger partial charge in [-0.1, -0.05) is 35.9 Å². The Morgan fingerprint density at radius 2 is 1.95 bits per heavy atom. The van der Waals surface area contributed by atoms with Crippen LogP contribution >= 0.6 is 11.6 Å². The first-order chi connectivity index (χ1) is 10.3. The highest BCUT2D eigenvalue weighted by Gasteiger charge is 2.23. The highest BCUT2D eigenvalue weighted by Crippen LogP contribution is 2.28. The SMILES string of the molecule is N#Cc1cccc(Cl)c1NC1CCN(c2ccccc2)C1. The number of nitrogens with zero attached hydrogens (tertiary/aromatic N) is 2. The summed E-state index contributed by atoms with van der Waals surface area (Å²) in [4.78, 5) is 2.35. The summed E-state index contributed by atoms with van der Waals surface area (Å²) in [6.45, 7) is 1.92. The molecule has 21 heavy (non-hydrogen) atoms. The molecule has 2 aromatic rings. The average Bonchev–Trinajstić information content (AvgIpc) is 2.99. The normalized spacial score (nSPS) is 17.5. The molecular formula is C17H16ClN3. The molecule has 0 aliphatic carbocycles. The number of nitrogens with one attached hydrogen (secondary N) is 1. The van der Waals surface area contributed by atoms with Crippen LogP contribution < -0.4 is 10.2 Å². The molecule has 1 N–H and O–H groups in total. The largest absolute Gasteiger partial charge is 0.378 e. The van der Waals surface area contributed by atoms with Gasteiger partial charge in [0, 0.05) is 24.8 Å². The van der Waals surface area contributed by atoms with Crippen molar-refractivity contribution in [2.45, 2.75) is 12.5 Å². The Morgan fingerprint density at radius 3 is 2.71 bits per heavy atom. The van der Waals surface area contributed by atoms with Crippen LogP contribution in [0.4, 0.5) is 11.4 Å². The molecule has 3 rings (SSSR count). The zero-order valence-corrected chi connectivity index (χ0v) is 12.3. The first-order valence-corrected chi connectivity index (χ1v) is 7.41. The van der Waals surface area contributed by atoms with Crippen molar-refractivity contribution in [3.8, 4) is 6.07 Å². The molecule has 0 amide bonds. The third-order valence-electron chi connectivity index (χ3n) is 3.79. The van der Waals surface area contributed by atoms with Crippen molar-refractivity contribution in [3.63, 3.8) is 0 Å². The van der Waals surface area contributed by atoms with Crippen molar-refractivity contribution in [1.82, 2.24) is 0 Å². The van der Waals surface area contributed by atoms with Gasteiger partial charge < -0.3 is 10.2 Å². The number of nitriles is 1. The summed E-state index contributed by atoms with van der Waals surface area (Å²) < 4.78 is 0. The average molecular weight is 298 g/mol. The number of anilines is 2. The first kappa shape index (κ1) is 13.8. The van der Waals surface area contributed by atoms with Crippen molar-refractivity contribution >= 4 is 23.0 Å². The van der Waals surface area contributed by atoms with E-state index in [1.54, 1.807) is 12.1 Å². The lowest BCUT2D eigenvalue weighted by Crippen LogP contribution is -2.26. The lowest BCUT2D eigenvalue weighted by molar-refractivity contribution is 0.806. The number of rotatable bonds is 3. The van der Waals surface area contributed by atoms with E-state index in [0.717, 1.165) is 25.2 Å². The van der Waals surface area contributed by atoms with Crippen molar-refractivity contribution in [1.29, 1.82) is 5.26 Å². The Kier molecular flexibility index (Phi) is 3.98. The van der Waals surface area contributed by atoms with Crippen LogP contribution in [0.2, 0.25) is 5.02 Å². The maximum Gasteiger partial charge on any atom is 0.101 e. The second kappa shape index (κ2) is 6.07. The molecule has 1 aliphatic heterocycles. The van der Waals surface area contributed by atoms with Crippen LogP contribution in [0, 0.1) is 11.3 Å². The standard InChI is InChI=1S/C17H16ClN3/c18-16-8-4-5-13(11-19)17(16)20-14-9-10-21(12-14)15-6-2-1-3-7-15/h1-8,14,20H,9-10,12H2. The summed E-state index contributed by atoms with van der Waals surface area (Å²) in [5.74, 6) is 0. The maximum atomic E-state index is 9.19. The minimum Gasteiger partial charge on any atom is -0.378 e. The molecule has 1 aliphatic rings. The van der Waals surface area contributed by atoms with Crippen LogP contribution in [0.1, 0.15) is 12.0 Å². The van der Waals surface area contributed by atoms with Crippen molar-refractivity contribution in [2.75, 3.05) is 23.3 Å². The third kappa shape index (κ3) is 2.96. The van der Waals surface area contributed by atoms with Gasteiger partial charge in [-0.05, 0) is 30.7 Å². The van der Waals surface area contributed by atoms with Crippen LogP contribution in [0.3, 0.4) is 0 Å². The fourth-order valence-corrected chi connectivity index (χ4v) is 2.95. The minimum atomic E-state index is 0.303. The lowest BCUT2D eigenvalue weighted by Gasteiger charge is -2.20. The van der Waals surface area contributed by atoms with Gasteiger partial charge >= 0.3 is 0 Å². The zero-order chi connectivity index (χ0) is 14.7. The predicted molar refractivity (Wildman–Crippen MR) is 86.8 cm³/mol. The number of benzene rings is 2. The van der Waals surface area contributed by atoms with Gasteiger partial charge in [0.15, 0.2) is 0 Å². The Balaban J connectivity index is 1.73. The molecule has 0 bridgehead atoms. The molecule has 3 nitrogen and oxygen atoms in total. The molecule has 1 heterocycles. The Bertz CT molecular complexity index is 663. The fourth-order valence-electron chi connectivity index (χ4n) is 2.72. The fraction of sp³-hybridized carbons (Fsp3) is 0.235. The van der Waals surface area contributed by atoms with Gasteiger partial charge in [-0.3, -0.25) is 0 Å². The Hall–Kier alpha value is -2.18. The molecule has 0 spiro atoms. The molecule has 4 heteroatoms. The monoisotopic (exact) mass is 297 g/mol. The van der Waals surface area contributed by atoms with E-state index in [-0.39, 0.29) is 0 Å². The summed E-state index contributed by atoms with van der Waals surface area (Å²) >= 11 is 6.21. The van der Waals surface area contributed by atoms with Crippen LogP contribution in [-0.2, 0) is 0 Å². The van der Waals surface area contributed by atoms with E-state index in [9.17, 15) is 5.26 Å². The molecule has 2 aromatic carbocycles. The summed E-state index contributed by atoms with van der Waals surface area (Å²) in [7, 11) is 0. The minimum absolute atomic E-state index is 0.303. The van der Waals surface area contributed by atoms with Crippen LogP contribution in [0.15, 0.2) is 48.5 Å². The van der Waals surface area contributed by atoms with Gasteiger partial charge in [0.1, 0.15) is 6.07 Å². The third-order valence-corrected chi connectivity index (χ3v) is 4.11. The molecule has 0 saturated carbocycles. The molecule has 1 saturated heterocycles. The lowest BCUT2D eigenvalue weighted by atomic mass is 10.1. The van der Waals surface area contributed by atoms with E-state index in [1.165, 1.54) is 5.69 Å². The highest BCUT2D eigenvalue weighted by molar-refractivity contribution is 6.33. The summed E-state index contributed by atoms with van der Waals surface area (Å²) in [6, 6.07) is 18.3. The predicted octanol–water partition coefficient (Wildman–Crippen LogP) is 3.90. The molecule has 0 radical (unpaired) electrons. The van der Waals surface area contributed by atoms with Gasteiger partial charge in [-0.2, -0.15) is 5.26 Å². The van der Waals surface area contributed by atoms with Gasteiger partial charge in [-0.25, -0.2) is 0 Å². The van der Waals surface area contributed by atoms with Gasteiger partial charge in [0.25, 0.3) is 0 Å². The zero-order valence-electron chi connectivity index (χ0n) is 11.6. The number of hydrogen-bond acceptors (Lipinski definition) is 3. The van der Waals surface area contributed by atoms with Crippen molar-refractivity contribution < 1.29 is 0 Å². The van der Waals surface area contributed by atoms with Crippen molar-refractivity contribution in [3.05, 3.63) is 59.1 Å². The molecule has 0 aromatic heterocycles. The Labute approximate surface area is 129 Å². The number of para-hydroxylation sites is 2. The van der Waals surface area contributed by atoms with E-state index in [4.69, 9.17) is 11.6 Å². The van der Waals surface area contributed by atoms with E-state index in [1.807, 2.05) is 12.1 Å². The van der Waals surface area contributed by atoms with E-state index in [0.29, 0.717) is 16.6 Å². The second-order valence-corrected chi connectivity index (χ2v) is 5.59. The number of hydrogen-bond donors (Lipinski definition) is 1. The molecule has 1 atom stereocenters. The number of halogens is 1. The molecule has 1 unspecified atom stereocenters. The summed E-state index contributed by atoms with van der Waals surface area (Å²) in [5, 5.41) is 13.2. The maximum absolute atomic E-state index is 9.19. The van der Waals surface area contributed by atoms with Gasteiger partial charge in [-0.15, -0.1) is 0 Å². The molecule has 106 valence electrons. The van der Waals surface area contributed by atoms with E-state index in [2.05, 4.69) is 40.6 Å². The smallest absolute Gasteiger partial charge is 0.101 e. The Morgan fingerprint density at radius 1 is 1.14 bits per heavy atom. The quantitative estimate of drug-likeness (QED) is 0.934. The first-order valence-electron chi connectivity index (χ1n) is 7.03. The van der Waals surface area contributed by atoms with Crippen LogP contribution in [0.5, 0.6) is 0 Å². The van der Waals surface area contributed by atoms with Crippen molar-refractivity contribution in [2.24, 2.45) is 0 Å². The van der Waals surface area contributed by atoms with Crippen LogP contribution in [-0.4, -0.2) is 19.1 Å². The second-order valence-electron chi connectivity index (χ2n) is 5.19. The summed E-state index contributed by atoms with van der Waals surface area (Å²) in [6.07, 6.45) is 1.03. The molecule has 1 fully saturated rings. The molecular weight excluding hydrogens is 282 g/mol.